The Morgan fingerprint density at radius 3 is 1.75 bits per heavy atom. The Balaban J connectivity index is 1.75. The first-order valence-electron chi connectivity index (χ1n) is 7.53. The van der Waals surface area contributed by atoms with Gasteiger partial charge in [0.2, 0.25) is 0 Å². The highest BCUT2D eigenvalue weighted by Crippen LogP contribution is 2.58. The fourth-order valence-corrected chi connectivity index (χ4v) is 7.61. The minimum absolute atomic E-state index is 0.211. The summed E-state index contributed by atoms with van der Waals surface area (Å²) in [4.78, 5) is 0. The predicted molar refractivity (Wildman–Crippen MR) is 85.4 cm³/mol. The number of piperidine rings is 1. The molecule has 116 valence electrons. The average Bonchev–Trinajstić information content (AvgIpc) is 3.15. The van der Waals surface area contributed by atoms with Crippen LogP contribution in [0.15, 0.2) is 0 Å². The van der Waals surface area contributed by atoms with Crippen LogP contribution in [0.1, 0.15) is 40.5 Å². The Morgan fingerprint density at radius 2 is 1.40 bits per heavy atom. The summed E-state index contributed by atoms with van der Waals surface area (Å²) in [6.45, 7) is 11.3. The largest absolute Gasteiger partial charge is 0.313 e. The standard InChI is InChI=1S/C13H27N4OPS/c1-12(2)9-11(10-13(3,4)17(12)18)14-19(20,15-5-6-15)16-7-8-16/h11,18H,5-10H2,1-4H3,(H,14,20). The van der Waals surface area contributed by atoms with Crippen LogP contribution in [0.4, 0.5) is 0 Å². The summed E-state index contributed by atoms with van der Waals surface area (Å²) in [5.74, 6) is 0. The van der Waals surface area contributed by atoms with Crippen LogP contribution in [-0.2, 0) is 11.8 Å². The van der Waals surface area contributed by atoms with Crippen LogP contribution in [0.2, 0.25) is 0 Å². The number of hydrogen-bond acceptors (Lipinski definition) is 3. The van der Waals surface area contributed by atoms with Crippen molar-refractivity contribution in [2.75, 3.05) is 26.2 Å². The lowest BCUT2D eigenvalue weighted by Gasteiger charge is -2.52. The number of hydroxylamine groups is 2. The van der Waals surface area contributed by atoms with Crippen molar-refractivity contribution in [3.63, 3.8) is 0 Å². The van der Waals surface area contributed by atoms with Crippen LogP contribution in [0.25, 0.3) is 0 Å². The van der Waals surface area contributed by atoms with Gasteiger partial charge in [0.1, 0.15) is 6.49 Å². The van der Waals surface area contributed by atoms with Crippen molar-refractivity contribution in [2.45, 2.75) is 57.7 Å². The van der Waals surface area contributed by atoms with Gasteiger partial charge in [0.25, 0.3) is 0 Å². The van der Waals surface area contributed by atoms with Gasteiger partial charge in [-0.25, -0.2) is 9.34 Å². The van der Waals surface area contributed by atoms with Crippen molar-refractivity contribution in [1.29, 1.82) is 0 Å². The van der Waals surface area contributed by atoms with E-state index in [1.54, 1.807) is 0 Å². The molecule has 0 aromatic carbocycles. The fourth-order valence-electron chi connectivity index (χ4n) is 3.57. The van der Waals surface area contributed by atoms with E-state index < -0.39 is 6.49 Å². The average molecular weight is 318 g/mol. The van der Waals surface area contributed by atoms with Gasteiger partial charge in [0, 0.05) is 43.3 Å². The van der Waals surface area contributed by atoms with Gasteiger partial charge in [-0.2, -0.15) is 5.06 Å². The van der Waals surface area contributed by atoms with Gasteiger partial charge in [-0.05, 0) is 52.3 Å². The molecule has 0 aromatic heterocycles. The van der Waals surface area contributed by atoms with E-state index in [0.29, 0.717) is 6.04 Å². The maximum absolute atomic E-state index is 10.4. The van der Waals surface area contributed by atoms with Gasteiger partial charge in [-0.15, -0.1) is 0 Å². The lowest BCUT2D eigenvalue weighted by Crippen LogP contribution is -2.62. The van der Waals surface area contributed by atoms with Crippen molar-refractivity contribution in [3.8, 4) is 0 Å². The number of nitrogens with one attached hydrogen (secondary N) is 1. The molecule has 5 nitrogen and oxygen atoms in total. The smallest absolute Gasteiger partial charge is 0.143 e. The van der Waals surface area contributed by atoms with Crippen LogP contribution < -0.4 is 5.09 Å². The summed E-state index contributed by atoms with van der Waals surface area (Å²) in [7, 11) is 0. The van der Waals surface area contributed by atoms with Crippen LogP contribution in [0.5, 0.6) is 0 Å². The molecule has 3 heterocycles. The summed E-state index contributed by atoms with van der Waals surface area (Å²) < 4.78 is 4.86. The van der Waals surface area contributed by atoms with Gasteiger partial charge < -0.3 is 5.21 Å². The summed E-state index contributed by atoms with van der Waals surface area (Å²) in [6.07, 6.45) is 1.88. The number of nitrogens with zero attached hydrogens (tertiary/aromatic N) is 3. The predicted octanol–water partition coefficient (Wildman–Crippen LogP) is 1.84. The zero-order chi connectivity index (χ0) is 14.8. The molecular weight excluding hydrogens is 291 g/mol. The van der Waals surface area contributed by atoms with Gasteiger partial charge in [0.15, 0.2) is 0 Å². The molecule has 0 aromatic rings. The van der Waals surface area contributed by atoms with E-state index in [-0.39, 0.29) is 11.1 Å². The van der Waals surface area contributed by atoms with Crippen LogP contribution in [0, 0.1) is 0 Å². The summed E-state index contributed by atoms with van der Waals surface area (Å²) in [5.41, 5.74) is -0.422. The van der Waals surface area contributed by atoms with E-state index in [2.05, 4.69) is 42.1 Å². The van der Waals surface area contributed by atoms with E-state index in [4.69, 9.17) is 11.8 Å². The molecule has 0 unspecified atom stereocenters. The van der Waals surface area contributed by atoms with Gasteiger partial charge in [-0.3, -0.25) is 5.09 Å². The topological polar surface area (TPSA) is 41.5 Å². The van der Waals surface area contributed by atoms with Gasteiger partial charge >= 0.3 is 0 Å². The normalized spacial score (nSPS) is 31.4. The zero-order valence-electron chi connectivity index (χ0n) is 13.0. The third-order valence-corrected chi connectivity index (χ3v) is 9.34. The second-order valence-corrected chi connectivity index (χ2v) is 11.6. The molecule has 3 fully saturated rings. The van der Waals surface area contributed by atoms with Crippen LogP contribution in [0.3, 0.4) is 0 Å². The maximum Gasteiger partial charge on any atom is 0.143 e. The van der Waals surface area contributed by atoms with Crippen molar-refractivity contribution in [3.05, 3.63) is 0 Å². The van der Waals surface area contributed by atoms with Crippen LogP contribution in [-0.4, -0.2) is 62.9 Å². The SMILES string of the molecule is CC1(C)CC(NP(=S)(N2CC2)N2CC2)CC(C)(C)N1O. The van der Waals surface area contributed by atoms with E-state index in [1.807, 2.05) is 0 Å². The molecule has 0 spiro atoms. The van der Waals surface area contributed by atoms with Gasteiger partial charge in [-0.1, -0.05) is 0 Å². The number of rotatable bonds is 4. The van der Waals surface area contributed by atoms with Crippen molar-refractivity contribution in [2.24, 2.45) is 0 Å². The van der Waals surface area contributed by atoms with E-state index in [1.165, 1.54) is 5.06 Å². The Kier molecular flexibility index (Phi) is 3.62. The summed E-state index contributed by atoms with van der Waals surface area (Å²) >= 11 is 6.01. The van der Waals surface area contributed by atoms with E-state index in [0.717, 1.165) is 39.0 Å². The third-order valence-electron chi connectivity index (χ3n) is 4.60. The molecule has 3 saturated heterocycles. The summed E-state index contributed by atoms with van der Waals surface area (Å²) in [5, 5.41) is 15.8. The zero-order valence-corrected chi connectivity index (χ0v) is 14.7. The molecule has 0 radical (unpaired) electrons. The minimum atomic E-state index is -1.69. The second-order valence-electron chi connectivity index (χ2n) is 7.62. The highest BCUT2D eigenvalue weighted by atomic mass is 32.4. The first kappa shape index (κ1) is 15.3. The molecule has 0 bridgehead atoms. The molecular formula is C13H27N4OPS. The molecule has 2 N–H and O–H groups in total. The van der Waals surface area contributed by atoms with Crippen molar-refractivity contribution in [1.82, 2.24) is 19.5 Å². The van der Waals surface area contributed by atoms with Gasteiger partial charge in [0.05, 0.1) is 0 Å². The molecule has 0 aliphatic carbocycles. The Labute approximate surface area is 127 Å². The van der Waals surface area contributed by atoms with E-state index in [9.17, 15) is 5.21 Å². The van der Waals surface area contributed by atoms with Crippen molar-refractivity contribution >= 4 is 18.3 Å². The molecule has 3 rings (SSSR count). The monoisotopic (exact) mass is 318 g/mol. The molecule has 3 aliphatic rings. The lowest BCUT2D eigenvalue weighted by atomic mass is 9.79. The molecule has 20 heavy (non-hydrogen) atoms. The lowest BCUT2D eigenvalue weighted by molar-refractivity contribution is -0.245. The van der Waals surface area contributed by atoms with Crippen molar-refractivity contribution < 1.29 is 5.21 Å². The Hall–Kier alpha value is 0.450. The molecule has 0 saturated carbocycles. The Morgan fingerprint density at radius 1 is 1.00 bits per heavy atom. The summed E-state index contributed by atoms with van der Waals surface area (Å²) in [6, 6.07) is 0.385. The molecule has 7 heteroatoms. The highest BCUT2D eigenvalue weighted by Gasteiger charge is 2.49. The van der Waals surface area contributed by atoms with Crippen LogP contribution >= 0.6 is 6.49 Å². The molecule has 3 aliphatic heterocycles. The second kappa shape index (κ2) is 4.72. The molecule has 0 amide bonds. The first-order valence-corrected chi connectivity index (χ1v) is 10.2. The highest BCUT2D eigenvalue weighted by molar-refractivity contribution is 8.11. The third kappa shape index (κ3) is 2.72. The van der Waals surface area contributed by atoms with E-state index >= 15 is 0 Å². The molecule has 0 atom stereocenters. The number of hydrogen-bond donors (Lipinski definition) is 2. The maximum atomic E-state index is 10.4. The quantitative estimate of drug-likeness (QED) is 0.609. The fraction of sp³-hybridized carbons (Fsp3) is 1.00. The Bertz CT molecular complexity index is 414. The first-order chi connectivity index (χ1) is 9.15. The minimum Gasteiger partial charge on any atom is -0.313 e.